The first kappa shape index (κ1) is 9.21. The molecule has 74 valence electrons. The van der Waals surface area contributed by atoms with Crippen LogP contribution in [0.5, 0.6) is 0 Å². The van der Waals surface area contributed by atoms with E-state index in [1.54, 1.807) is 0 Å². The first-order valence-corrected chi connectivity index (χ1v) is 4.64. The summed E-state index contributed by atoms with van der Waals surface area (Å²) < 4.78 is 1.42. The molecule has 0 bridgehead atoms. The van der Waals surface area contributed by atoms with Crippen molar-refractivity contribution in [3.63, 3.8) is 0 Å². The lowest BCUT2D eigenvalue weighted by molar-refractivity contribution is 0.832. The van der Waals surface area contributed by atoms with Gasteiger partial charge in [-0.15, -0.1) is 10.2 Å². The lowest BCUT2D eigenvalue weighted by atomic mass is 10.1. The molecule has 2 aromatic rings. The first-order valence-electron chi connectivity index (χ1n) is 4.27. The molecule has 0 aliphatic rings. The number of aromatic nitrogens is 4. The molecule has 14 heavy (non-hydrogen) atoms. The molecule has 2 aromatic heterocycles. The Bertz CT molecular complexity index is 476. The Balaban J connectivity index is 2.72. The predicted octanol–water partition coefficient (Wildman–Crippen LogP) is 1.48. The molecule has 6 heteroatoms. The highest BCUT2D eigenvalue weighted by Crippen LogP contribution is 2.23. The normalized spacial score (nSPS) is 11.4. The molecule has 0 saturated heterocycles. The SMILES string of the molecule is CC(C)c1cc2nnc(N)n2nc1Cl. The first-order chi connectivity index (χ1) is 6.59. The fourth-order valence-electron chi connectivity index (χ4n) is 1.25. The minimum absolute atomic E-state index is 0.247. The van der Waals surface area contributed by atoms with Gasteiger partial charge in [0.1, 0.15) is 0 Å². The van der Waals surface area contributed by atoms with E-state index >= 15 is 0 Å². The van der Waals surface area contributed by atoms with Crippen LogP contribution in [0.1, 0.15) is 25.3 Å². The Morgan fingerprint density at radius 1 is 1.43 bits per heavy atom. The minimum atomic E-state index is 0.247. The minimum Gasteiger partial charge on any atom is -0.366 e. The van der Waals surface area contributed by atoms with Crippen LogP contribution >= 0.6 is 11.6 Å². The number of rotatable bonds is 1. The van der Waals surface area contributed by atoms with Crippen molar-refractivity contribution in [2.24, 2.45) is 0 Å². The van der Waals surface area contributed by atoms with Crippen molar-refractivity contribution >= 4 is 23.2 Å². The Morgan fingerprint density at radius 3 is 2.79 bits per heavy atom. The Labute approximate surface area is 85.9 Å². The van der Waals surface area contributed by atoms with Crippen molar-refractivity contribution in [1.82, 2.24) is 19.8 Å². The molecular formula is C8H10ClN5. The van der Waals surface area contributed by atoms with Crippen molar-refractivity contribution in [1.29, 1.82) is 0 Å². The smallest absolute Gasteiger partial charge is 0.243 e. The molecule has 2 heterocycles. The second kappa shape index (κ2) is 3.09. The molecule has 0 spiro atoms. The maximum absolute atomic E-state index is 5.98. The van der Waals surface area contributed by atoms with Gasteiger partial charge < -0.3 is 5.73 Å². The van der Waals surface area contributed by atoms with Crippen LogP contribution in [0.4, 0.5) is 5.95 Å². The topological polar surface area (TPSA) is 69.1 Å². The second-order valence-corrected chi connectivity index (χ2v) is 3.73. The Hall–Kier alpha value is -1.36. The maximum Gasteiger partial charge on any atom is 0.243 e. The van der Waals surface area contributed by atoms with E-state index in [2.05, 4.69) is 15.3 Å². The Morgan fingerprint density at radius 2 is 2.14 bits per heavy atom. The van der Waals surface area contributed by atoms with Gasteiger partial charge in [-0.3, -0.25) is 0 Å². The average Bonchev–Trinajstić information content (AvgIpc) is 2.46. The van der Waals surface area contributed by atoms with Crippen LogP contribution in [0.2, 0.25) is 5.15 Å². The summed E-state index contributed by atoms with van der Waals surface area (Å²) in [5, 5.41) is 12.1. The number of nitrogens with zero attached hydrogens (tertiary/aromatic N) is 4. The van der Waals surface area contributed by atoms with Gasteiger partial charge in [0, 0.05) is 0 Å². The van der Waals surface area contributed by atoms with Gasteiger partial charge in [0.15, 0.2) is 10.8 Å². The zero-order chi connectivity index (χ0) is 10.3. The molecule has 0 saturated carbocycles. The molecule has 0 aliphatic heterocycles. The summed E-state index contributed by atoms with van der Waals surface area (Å²) in [5.41, 5.74) is 7.11. The summed E-state index contributed by atoms with van der Waals surface area (Å²) in [4.78, 5) is 0. The zero-order valence-electron chi connectivity index (χ0n) is 7.90. The van der Waals surface area contributed by atoms with Crippen molar-refractivity contribution < 1.29 is 0 Å². The van der Waals surface area contributed by atoms with Gasteiger partial charge >= 0.3 is 0 Å². The number of hydrogen-bond donors (Lipinski definition) is 1. The number of nitrogen functional groups attached to an aromatic ring is 1. The molecule has 0 atom stereocenters. The number of halogens is 1. The molecular weight excluding hydrogens is 202 g/mol. The van der Waals surface area contributed by atoms with E-state index in [-0.39, 0.29) is 5.95 Å². The van der Waals surface area contributed by atoms with Gasteiger partial charge in [0.25, 0.3) is 0 Å². The van der Waals surface area contributed by atoms with E-state index in [1.165, 1.54) is 4.52 Å². The summed E-state index contributed by atoms with van der Waals surface area (Å²) in [6.07, 6.45) is 0. The molecule has 0 radical (unpaired) electrons. The van der Waals surface area contributed by atoms with Crippen LogP contribution in [0.15, 0.2) is 6.07 Å². The summed E-state index contributed by atoms with van der Waals surface area (Å²) in [7, 11) is 0. The molecule has 0 amide bonds. The maximum atomic E-state index is 5.98. The Kier molecular flexibility index (Phi) is 2.03. The highest BCUT2D eigenvalue weighted by molar-refractivity contribution is 6.30. The number of fused-ring (bicyclic) bond motifs is 1. The van der Waals surface area contributed by atoms with Crippen molar-refractivity contribution in [3.8, 4) is 0 Å². The molecule has 0 unspecified atom stereocenters. The van der Waals surface area contributed by atoms with E-state index < -0.39 is 0 Å². The largest absolute Gasteiger partial charge is 0.366 e. The summed E-state index contributed by atoms with van der Waals surface area (Å²) in [6, 6.07) is 1.85. The van der Waals surface area contributed by atoms with Gasteiger partial charge in [0.05, 0.1) is 0 Å². The van der Waals surface area contributed by atoms with E-state index in [1.807, 2.05) is 19.9 Å². The fraction of sp³-hybridized carbons (Fsp3) is 0.375. The van der Waals surface area contributed by atoms with Crippen LogP contribution in [-0.4, -0.2) is 19.8 Å². The van der Waals surface area contributed by atoms with E-state index in [0.717, 1.165) is 5.56 Å². The average molecular weight is 212 g/mol. The third kappa shape index (κ3) is 1.29. The quantitative estimate of drug-likeness (QED) is 0.776. The molecule has 0 aliphatic carbocycles. The van der Waals surface area contributed by atoms with Crippen LogP contribution in [0.25, 0.3) is 5.65 Å². The fourth-order valence-corrected chi connectivity index (χ4v) is 1.59. The molecule has 0 aromatic carbocycles. The molecule has 2 rings (SSSR count). The van der Waals surface area contributed by atoms with E-state index in [9.17, 15) is 0 Å². The molecule has 2 N–H and O–H groups in total. The number of hydrogen-bond acceptors (Lipinski definition) is 4. The second-order valence-electron chi connectivity index (χ2n) is 3.37. The van der Waals surface area contributed by atoms with Crippen LogP contribution in [0, 0.1) is 0 Å². The molecule has 0 fully saturated rings. The highest BCUT2D eigenvalue weighted by Gasteiger charge is 2.11. The lowest BCUT2D eigenvalue weighted by Crippen LogP contribution is -2.01. The van der Waals surface area contributed by atoms with Crippen LogP contribution in [0.3, 0.4) is 0 Å². The summed E-state index contributed by atoms with van der Waals surface area (Å²) >= 11 is 5.98. The third-order valence-electron chi connectivity index (χ3n) is 2.02. The van der Waals surface area contributed by atoms with E-state index in [0.29, 0.717) is 16.7 Å². The van der Waals surface area contributed by atoms with Gasteiger partial charge in [-0.25, -0.2) is 0 Å². The van der Waals surface area contributed by atoms with Gasteiger partial charge in [-0.1, -0.05) is 25.4 Å². The predicted molar refractivity (Wildman–Crippen MR) is 54.3 cm³/mol. The van der Waals surface area contributed by atoms with Gasteiger partial charge in [-0.2, -0.15) is 9.61 Å². The van der Waals surface area contributed by atoms with Crippen LogP contribution in [-0.2, 0) is 0 Å². The third-order valence-corrected chi connectivity index (χ3v) is 2.32. The number of anilines is 1. The standard InChI is InChI=1S/C8H10ClN5/c1-4(2)5-3-6-11-12-8(10)14(6)13-7(5)9/h3-4H,1-2H3,(H2,10,12). The number of nitrogens with two attached hydrogens (primary N) is 1. The van der Waals surface area contributed by atoms with Gasteiger partial charge in [0.2, 0.25) is 5.95 Å². The van der Waals surface area contributed by atoms with E-state index in [4.69, 9.17) is 17.3 Å². The summed E-state index contributed by atoms with van der Waals surface area (Å²) in [6.45, 7) is 4.08. The zero-order valence-corrected chi connectivity index (χ0v) is 8.65. The highest BCUT2D eigenvalue weighted by atomic mass is 35.5. The van der Waals surface area contributed by atoms with Crippen molar-refractivity contribution in [3.05, 3.63) is 16.8 Å². The van der Waals surface area contributed by atoms with Crippen molar-refractivity contribution in [2.75, 3.05) is 5.73 Å². The monoisotopic (exact) mass is 211 g/mol. The van der Waals surface area contributed by atoms with Gasteiger partial charge in [-0.05, 0) is 17.5 Å². The lowest BCUT2D eigenvalue weighted by Gasteiger charge is -2.06. The van der Waals surface area contributed by atoms with Crippen LogP contribution < -0.4 is 5.73 Å². The van der Waals surface area contributed by atoms with Crippen molar-refractivity contribution in [2.45, 2.75) is 19.8 Å². The molecule has 5 nitrogen and oxygen atoms in total. The summed E-state index contributed by atoms with van der Waals surface area (Å²) in [5.74, 6) is 0.551.